The molecule has 4 heteroatoms. The molecule has 0 unspecified atom stereocenters. The molecule has 0 amide bonds. The second kappa shape index (κ2) is 4.72. The van der Waals surface area contributed by atoms with Gasteiger partial charge < -0.3 is 4.42 Å². The van der Waals surface area contributed by atoms with E-state index in [1.54, 1.807) is 24.3 Å². The van der Waals surface area contributed by atoms with Crippen molar-refractivity contribution in [3.63, 3.8) is 0 Å². The second-order valence-corrected chi connectivity index (χ2v) is 4.99. The molecule has 94 valence electrons. The minimum Gasteiger partial charge on any atom is -0.456 e. The number of fused-ring (bicyclic) bond motifs is 1. The molecule has 19 heavy (non-hydrogen) atoms. The van der Waals surface area contributed by atoms with E-state index in [9.17, 15) is 4.79 Å². The minimum absolute atomic E-state index is 0.408. The number of benzene rings is 2. The molecule has 2 aromatic carbocycles. The number of furan rings is 1. The third-order valence-corrected chi connectivity index (χ3v) is 3.45. The van der Waals surface area contributed by atoms with Gasteiger partial charge in [0.05, 0.1) is 5.02 Å². The highest BCUT2D eigenvalue weighted by Crippen LogP contribution is 2.31. The molecule has 0 spiro atoms. The predicted molar refractivity (Wildman–Crippen MR) is 77.1 cm³/mol. The van der Waals surface area contributed by atoms with Crippen molar-refractivity contribution in [2.45, 2.75) is 0 Å². The van der Waals surface area contributed by atoms with E-state index in [0.29, 0.717) is 21.4 Å². The van der Waals surface area contributed by atoms with Gasteiger partial charge in [0.25, 0.3) is 0 Å². The fourth-order valence-corrected chi connectivity index (χ4v) is 2.34. The molecule has 3 rings (SSSR count). The Morgan fingerprint density at radius 3 is 2.58 bits per heavy atom. The van der Waals surface area contributed by atoms with E-state index in [1.807, 2.05) is 18.2 Å². The fraction of sp³-hybridized carbons (Fsp3) is 0. The van der Waals surface area contributed by atoms with Gasteiger partial charge in [0.2, 0.25) is 0 Å². The van der Waals surface area contributed by atoms with Crippen molar-refractivity contribution in [3.05, 3.63) is 58.1 Å². The van der Waals surface area contributed by atoms with Crippen molar-refractivity contribution in [1.29, 1.82) is 0 Å². The highest BCUT2D eigenvalue weighted by Gasteiger charge is 2.08. The topological polar surface area (TPSA) is 30.2 Å². The van der Waals surface area contributed by atoms with Gasteiger partial charge in [-0.2, -0.15) is 0 Å². The minimum atomic E-state index is 0.408. The van der Waals surface area contributed by atoms with Crippen LogP contribution in [0.4, 0.5) is 0 Å². The van der Waals surface area contributed by atoms with Crippen molar-refractivity contribution in [2.24, 2.45) is 0 Å². The van der Waals surface area contributed by atoms with Crippen LogP contribution in [-0.2, 0) is 0 Å². The SMILES string of the molecule is O=Cc1ccc(-c2cc3cc(Cl)ccc3o2)cc1Cl. The summed E-state index contributed by atoms with van der Waals surface area (Å²) in [5.41, 5.74) is 2.04. The van der Waals surface area contributed by atoms with Crippen LogP contribution in [0.2, 0.25) is 10.0 Å². The van der Waals surface area contributed by atoms with Crippen molar-refractivity contribution in [3.8, 4) is 11.3 Å². The van der Waals surface area contributed by atoms with Gasteiger partial charge in [0.1, 0.15) is 11.3 Å². The maximum atomic E-state index is 10.7. The lowest BCUT2D eigenvalue weighted by Crippen LogP contribution is -1.82. The quantitative estimate of drug-likeness (QED) is 0.606. The Morgan fingerprint density at radius 1 is 1.00 bits per heavy atom. The van der Waals surface area contributed by atoms with Crippen molar-refractivity contribution in [2.75, 3.05) is 0 Å². The van der Waals surface area contributed by atoms with Gasteiger partial charge in [-0.05, 0) is 36.4 Å². The molecule has 3 aromatic rings. The van der Waals surface area contributed by atoms with Crippen LogP contribution in [0, 0.1) is 0 Å². The smallest absolute Gasteiger partial charge is 0.151 e. The highest BCUT2D eigenvalue weighted by atomic mass is 35.5. The van der Waals surface area contributed by atoms with E-state index >= 15 is 0 Å². The molecular formula is C15H8Cl2O2. The molecule has 1 aromatic heterocycles. The van der Waals surface area contributed by atoms with Crippen molar-refractivity contribution < 1.29 is 9.21 Å². The summed E-state index contributed by atoms with van der Waals surface area (Å²) in [5.74, 6) is 0.691. The van der Waals surface area contributed by atoms with Crippen LogP contribution >= 0.6 is 23.2 Å². The molecule has 0 aliphatic heterocycles. The maximum absolute atomic E-state index is 10.7. The van der Waals surface area contributed by atoms with Crippen LogP contribution in [-0.4, -0.2) is 6.29 Å². The lowest BCUT2D eigenvalue weighted by molar-refractivity contribution is 0.112. The number of halogens is 2. The Bertz CT molecular complexity index is 775. The second-order valence-electron chi connectivity index (χ2n) is 4.15. The van der Waals surface area contributed by atoms with Crippen LogP contribution in [0.5, 0.6) is 0 Å². The molecule has 0 radical (unpaired) electrons. The predicted octanol–water partition coefficient (Wildman–Crippen LogP) is 5.22. The molecule has 0 N–H and O–H groups in total. The summed E-state index contributed by atoms with van der Waals surface area (Å²) in [4.78, 5) is 10.7. The van der Waals surface area contributed by atoms with Gasteiger partial charge in [0, 0.05) is 21.5 Å². The largest absolute Gasteiger partial charge is 0.456 e. The van der Waals surface area contributed by atoms with Crippen molar-refractivity contribution >= 4 is 40.5 Å². The van der Waals surface area contributed by atoms with E-state index in [4.69, 9.17) is 27.6 Å². The average Bonchev–Trinajstić information content (AvgIpc) is 2.81. The first-order chi connectivity index (χ1) is 9.17. The summed E-state index contributed by atoms with van der Waals surface area (Å²) in [6, 6.07) is 12.5. The number of aldehydes is 1. The summed E-state index contributed by atoms with van der Waals surface area (Å²) in [6.45, 7) is 0. The first-order valence-corrected chi connectivity index (χ1v) is 6.37. The molecule has 0 saturated carbocycles. The van der Waals surface area contributed by atoms with Gasteiger partial charge in [-0.25, -0.2) is 0 Å². The zero-order chi connectivity index (χ0) is 13.4. The molecule has 1 heterocycles. The fourth-order valence-electron chi connectivity index (χ4n) is 1.93. The number of carbonyl (C=O) groups excluding carboxylic acids is 1. The van der Waals surface area contributed by atoms with Gasteiger partial charge >= 0.3 is 0 Å². The molecular weight excluding hydrogens is 283 g/mol. The van der Waals surface area contributed by atoms with Gasteiger partial charge in [-0.15, -0.1) is 0 Å². The zero-order valence-electron chi connectivity index (χ0n) is 9.69. The number of rotatable bonds is 2. The van der Waals surface area contributed by atoms with Crippen LogP contribution < -0.4 is 0 Å². The monoisotopic (exact) mass is 290 g/mol. The third-order valence-electron chi connectivity index (χ3n) is 2.89. The Balaban J connectivity index is 2.13. The van der Waals surface area contributed by atoms with Crippen LogP contribution in [0.15, 0.2) is 46.9 Å². The molecule has 0 bridgehead atoms. The summed E-state index contributed by atoms with van der Waals surface area (Å²) in [5, 5.41) is 2.00. The third kappa shape index (κ3) is 2.25. The molecule has 0 atom stereocenters. The Kier molecular flexibility index (Phi) is 3.05. The molecule has 2 nitrogen and oxygen atoms in total. The summed E-state index contributed by atoms with van der Waals surface area (Å²) in [6.07, 6.45) is 0.727. The highest BCUT2D eigenvalue weighted by molar-refractivity contribution is 6.33. The molecule has 0 fully saturated rings. The van der Waals surface area contributed by atoms with E-state index in [0.717, 1.165) is 22.8 Å². The number of hydrogen-bond donors (Lipinski definition) is 0. The first-order valence-electron chi connectivity index (χ1n) is 5.61. The summed E-state index contributed by atoms with van der Waals surface area (Å²) in [7, 11) is 0. The average molecular weight is 291 g/mol. The Morgan fingerprint density at radius 2 is 1.84 bits per heavy atom. The van der Waals surface area contributed by atoms with E-state index in [1.165, 1.54) is 0 Å². The van der Waals surface area contributed by atoms with E-state index in [2.05, 4.69) is 0 Å². The van der Waals surface area contributed by atoms with Crippen molar-refractivity contribution in [1.82, 2.24) is 0 Å². The van der Waals surface area contributed by atoms with E-state index in [-0.39, 0.29) is 0 Å². The summed E-state index contributed by atoms with van der Waals surface area (Å²) >= 11 is 11.9. The first kappa shape index (κ1) is 12.3. The van der Waals surface area contributed by atoms with Crippen LogP contribution in [0.1, 0.15) is 10.4 Å². The lowest BCUT2D eigenvalue weighted by atomic mass is 10.1. The number of carbonyl (C=O) groups is 1. The molecule has 0 saturated heterocycles. The van der Waals surface area contributed by atoms with Crippen LogP contribution in [0.25, 0.3) is 22.3 Å². The van der Waals surface area contributed by atoms with Gasteiger partial charge in [-0.3, -0.25) is 4.79 Å². The van der Waals surface area contributed by atoms with Crippen LogP contribution in [0.3, 0.4) is 0 Å². The Labute approximate surface area is 119 Å². The molecule has 0 aliphatic carbocycles. The Hall–Kier alpha value is -1.77. The standard InChI is InChI=1S/C15H8Cl2O2/c16-12-3-4-14-11(5-12)7-15(19-14)9-1-2-10(8-18)13(17)6-9/h1-8H. The van der Waals surface area contributed by atoms with Gasteiger partial charge in [-0.1, -0.05) is 29.3 Å². The lowest BCUT2D eigenvalue weighted by Gasteiger charge is -1.99. The number of hydrogen-bond acceptors (Lipinski definition) is 2. The normalized spacial score (nSPS) is 10.8. The maximum Gasteiger partial charge on any atom is 0.151 e. The van der Waals surface area contributed by atoms with Gasteiger partial charge in [0.15, 0.2) is 6.29 Å². The molecule has 0 aliphatic rings. The van der Waals surface area contributed by atoms with E-state index < -0.39 is 0 Å². The summed E-state index contributed by atoms with van der Waals surface area (Å²) < 4.78 is 5.73. The zero-order valence-corrected chi connectivity index (χ0v) is 11.2.